The largest absolute Gasteiger partial charge is 0.493 e. The maximum atomic E-state index is 11.3. The molecule has 0 fully saturated rings. The molecule has 22 heavy (non-hydrogen) atoms. The Bertz CT molecular complexity index is 488. The van der Waals surface area contributed by atoms with E-state index >= 15 is 0 Å². The van der Waals surface area contributed by atoms with Crippen LogP contribution in [0.15, 0.2) is 28.7 Å². The molecule has 0 bridgehead atoms. The Hall–Kier alpha value is -1.41. The van der Waals surface area contributed by atoms with Gasteiger partial charge in [-0.25, -0.2) is 4.79 Å². The zero-order valence-electron chi connectivity index (χ0n) is 12.0. The summed E-state index contributed by atoms with van der Waals surface area (Å²) in [4.78, 5) is 21.5. The van der Waals surface area contributed by atoms with Crippen LogP contribution < -0.4 is 15.4 Å². The average molecular weight is 391 g/mol. The van der Waals surface area contributed by atoms with Crippen LogP contribution in [-0.2, 0) is 4.79 Å². The number of benzene rings is 1. The summed E-state index contributed by atoms with van der Waals surface area (Å²) in [7, 11) is 0. The molecule has 0 saturated carbocycles. The number of amides is 2. The number of thioether (sulfide) groups is 1. The topological polar surface area (TPSA) is 87.7 Å². The predicted molar refractivity (Wildman–Crippen MR) is 90.6 cm³/mol. The lowest BCUT2D eigenvalue weighted by atomic mass is 10.3. The van der Waals surface area contributed by atoms with Crippen molar-refractivity contribution in [2.45, 2.75) is 6.42 Å². The van der Waals surface area contributed by atoms with Crippen LogP contribution in [0.25, 0.3) is 0 Å². The van der Waals surface area contributed by atoms with Crippen molar-refractivity contribution in [1.82, 2.24) is 10.6 Å². The number of carboxylic acid groups (broad SMARTS) is 1. The van der Waals surface area contributed by atoms with Crippen LogP contribution in [0.1, 0.15) is 6.42 Å². The van der Waals surface area contributed by atoms with Crippen LogP contribution >= 0.6 is 27.7 Å². The second-order valence-corrected chi connectivity index (χ2v) is 6.39. The molecule has 0 spiro atoms. The Kier molecular flexibility index (Phi) is 9.49. The number of rotatable bonds is 10. The zero-order valence-corrected chi connectivity index (χ0v) is 14.4. The van der Waals surface area contributed by atoms with Crippen molar-refractivity contribution < 1.29 is 19.4 Å². The number of carboxylic acids is 1. The fourth-order valence-corrected chi connectivity index (χ4v) is 2.49. The number of hydrogen-bond donors (Lipinski definition) is 3. The van der Waals surface area contributed by atoms with Gasteiger partial charge in [-0.05, 0) is 18.2 Å². The molecule has 0 unspecified atom stereocenters. The molecule has 1 aromatic carbocycles. The number of carbonyl (C=O) groups excluding carboxylic acids is 1. The van der Waals surface area contributed by atoms with Crippen LogP contribution in [0, 0.1) is 0 Å². The highest BCUT2D eigenvalue weighted by atomic mass is 79.9. The number of hydrogen-bond acceptors (Lipinski definition) is 4. The van der Waals surface area contributed by atoms with Gasteiger partial charge in [0.15, 0.2) is 0 Å². The molecule has 0 heterocycles. The van der Waals surface area contributed by atoms with Crippen molar-refractivity contribution in [1.29, 1.82) is 0 Å². The molecule has 0 radical (unpaired) electrons. The van der Waals surface area contributed by atoms with Crippen molar-refractivity contribution >= 4 is 39.7 Å². The SMILES string of the molecule is O=C(O)CCNC(=O)NCCSCCOc1cccc(Br)c1. The summed E-state index contributed by atoms with van der Waals surface area (Å²) in [5.41, 5.74) is 0. The van der Waals surface area contributed by atoms with Gasteiger partial charge in [0.25, 0.3) is 0 Å². The summed E-state index contributed by atoms with van der Waals surface area (Å²) in [5.74, 6) is 1.50. The lowest BCUT2D eigenvalue weighted by Gasteiger charge is -2.08. The van der Waals surface area contributed by atoms with E-state index in [-0.39, 0.29) is 19.0 Å². The molecule has 0 saturated heterocycles. The third-order valence-electron chi connectivity index (χ3n) is 2.45. The minimum atomic E-state index is -0.929. The number of nitrogens with one attached hydrogen (secondary N) is 2. The highest BCUT2D eigenvalue weighted by Gasteiger charge is 2.01. The van der Waals surface area contributed by atoms with Crippen LogP contribution in [0.2, 0.25) is 0 Å². The summed E-state index contributed by atoms with van der Waals surface area (Å²) in [6, 6.07) is 7.33. The van der Waals surface area contributed by atoms with E-state index < -0.39 is 5.97 Å². The van der Waals surface area contributed by atoms with Crippen molar-refractivity contribution in [2.75, 3.05) is 31.2 Å². The van der Waals surface area contributed by atoms with Gasteiger partial charge in [0.2, 0.25) is 0 Å². The number of carbonyl (C=O) groups is 2. The summed E-state index contributed by atoms with van der Waals surface area (Å²) in [5, 5.41) is 13.6. The highest BCUT2D eigenvalue weighted by molar-refractivity contribution is 9.10. The molecule has 2 amide bonds. The molecule has 6 nitrogen and oxygen atoms in total. The van der Waals surface area contributed by atoms with Crippen molar-refractivity contribution in [3.8, 4) is 5.75 Å². The Morgan fingerprint density at radius 1 is 1.23 bits per heavy atom. The molecular weight excluding hydrogens is 372 g/mol. The molecule has 1 aromatic rings. The third-order valence-corrected chi connectivity index (χ3v) is 3.89. The van der Waals surface area contributed by atoms with E-state index in [1.165, 1.54) is 0 Å². The van der Waals surface area contributed by atoms with Crippen molar-refractivity contribution in [3.05, 3.63) is 28.7 Å². The Morgan fingerprint density at radius 2 is 2.00 bits per heavy atom. The quantitative estimate of drug-likeness (QED) is 0.533. The van der Waals surface area contributed by atoms with Crippen LogP contribution in [0.5, 0.6) is 5.75 Å². The summed E-state index contributed by atoms with van der Waals surface area (Å²) in [6.45, 7) is 1.27. The number of urea groups is 1. The zero-order chi connectivity index (χ0) is 16.2. The maximum absolute atomic E-state index is 11.3. The molecule has 1 rings (SSSR count). The normalized spacial score (nSPS) is 10.0. The monoisotopic (exact) mass is 390 g/mol. The first-order valence-corrected chi connectivity index (χ1v) is 8.72. The van der Waals surface area contributed by atoms with E-state index in [1.807, 2.05) is 24.3 Å². The van der Waals surface area contributed by atoms with E-state index in [2.05, 4.69) is 26.6 Å². The van der Waals surface area contributed by atoms with Gasteiger partial charge in [0, 0.05) is 29.1 Å². The van der Waals surface area contributed by atoms with Gasteiger partial charge in [0.05, 0.1) is 13.0 Å². The van der Waals surface area contributed by atoms with E-state index in [9.17, 15) is 9.59 Å². The van der Waals surface area contributed by atoms with E-state index in [0.29, 0.717) is 13.2 Å². The van der Waals surface area contributed by atoms with E-state index in [0.717, 1.165) is 21.7 Å². The molecule has 8 heteroatoms. The van der Waals surface area contributed by atoms with Gasteiger partial charge < -0.3 is 20.5 Å². The molecular formula is C14H19BrN2O4S. The molecule has 0 aliphatic rings. The molecule has 0 aliphatic heterocycles. The van der Waals surface area contributed by atoms with Crippen LogP contribution in [0.4, 0.5) is 4.79 Å². The lowest BCUT2D eigenvalue weighted by molar-refractivity contribution is -0.136. The van der Waals surface area contributed by atoms with E-state index in [1.54, 1.807) is 11.8 Å². The predicted octanol–water partition coefficient (Wildman–Crippen LogP) is 2.33. The van der Waals surface area contributed by atoms with Crippen LogP contribution in [0.3, 0.4) is 0 Å². The van der Waals surface area contributed by atoms with Crippen molar-refractivity contribution in [3.63, 3.8) is 0 Å². The smallest absolute Gasteiger partial charge is 0.314 e. The first-order chi connectivity index (χ1) is 10.6. The fraction of sp³-hybridized carbons (Fsp3) is 0.429. The number of ether oxygens (including phenoxy) is 1. The summed E-state index contributed by atoms with van der Waals surface area (Å²) < 4.78 is 6.57. The highest BCUT2D eigenvalue weighted by Crippen LogP contribution is 2.17. The molecule has 0 atom stereocenters. The first-order valence-electron chi connectivity index (χ1n) is 6.77. The minimum Gasteiger partial charge on any atom is -0.493 e. The standard InChI is InChI=1S/C14H19BrN2O4S/c15-11-2-1-3-12(10-11)21-7-9-22-8-6-17-14(20)16-5-4-13(18)19/h1-3,10H,4-9H2,(H,18,19)(H2,16,17,20). The van der Waals surface area contributed by atoms with Gasteiger partial charge in [-0.3, -0.25) is 4.79 Å². The van der Waals surface area contributed by atoms with Gasteiger partial charge in [0.1, 0.15) is 5.75 Å². The first kappa shape index (κ1) is 18.6. The Labute approximate surface area is 142 Å². The molecule has 0 aromatic heterocycles. The van der Waals surface area contributed by atoms with Crippen molar-refractivity contribution in [2.24, 2.45) is 0 Å². The van der Waals surface area contributed by atoms with Gasteiger partial charge in [-0.2, -0.15) is 11.8 Å². The average Bonchev–Trinajstić information content (AvgIpc) is 2.46. The lowest BCUT2D eigenvalue weighted by Crippen LogP contribution is -2.37. The fourth-order valence-electron chi connectivity index (χ4n) is 1.46. The Morgan fingerprint density at radius 3 is 2.73 bits per heavy atom. The van der Waals surface area contributed by atoms with E-state index in [4.69, 9.17) is 9.84 Å². The van der Waals surface area contributed by atoms with Gasteiger partial charge >= 0.3 is 12.0 Å². The summed E-state index contributed by atoms with van der Waals surface area (Å²) in [6.07, 6.45) is -0.0743. The molecule has 122 valence electrons. The Balaban J connectivity index is 1.95. The second-order valence-electron chi connectivity index (χ2n) is 4.24. The van der Waals surface area contributed by atoms with Gasteiger partial charge in [-0.15, -0.1) is 0 Å². The van der Waals surface area contributed by atoms with Gasteiger partial charge in [-0.1, -0.05) is 22.0 Å². The maximum Gasteiger partial charge on any atom is 0.314 e. The molecule has 3 N–H and O–H groups in total. The minimum absolute atomic E-state index is 0.0743. The summed E-state index contributed by atoms with van der Waals surface area (Å²) >= 11 is 5.05. The third kappa shape index (κ3) is 9.51. The second kappa shape index (κ2) is 11.2. The number of halogens is 1. The molecule has 0 aliphatic carbocycles. The number of aliphatic carboxylic acids is 1. The van der Waals surface area contributed by atoms with Crippen LogP contribution in [-0.4, -0.2) is 48.3 Å².